The number of phosphoric acid groups is 2. The van der Waals surface area contributed by atoms with Crippen LogP contribution in [0.1, 0.15) is 395 Å². The van der Waals surface area contributed by atoms with Gasteiger partial charge in [-0.3, -0.25) is 37.3 Å². The molecule has 19 heteroatoms. The van der Waals surface area contributed by atoms with Crippen molar-refractivity contribution in [3.05, 3.63) is 0 Å². The molecule has 0 aromatic heterocycles. The maximum Gasteiger partial charge on any atom is 0.472 e. The molecule has 0 saturated heterocycles. The Labute approximate surface area is 588 Å². The van der Waals surface area contributed by atoms with Crippen molar-refractivity contribution in [2.45, 2.75) is 414 Å². The zero-order chi connectivity index (χ0) is 70.9. The fourth-order valence-electron chi connectivity index (χ4n) is 11.8. The summed E-state index contributed by atoms with van der Waals surface area (Å²) in [6.45, 7) is 11.9. The van der Waals surface area contributed by atoms with Crippen LogP contribution in [0.25, 0.3) is 0 Å². The minimum absolute atomic E-state index is 0.106. The first-order valence-electron chi connectivity index (χ1n) is 39.8. The molecular formula is C77H150O17P2. The zero-order valence-corrected chi connectivity index (χ0v) is 64.6. The summed E-state index contributed by atoms with van der Waals surface area (Å²) >= 11 is 0. The maximum absolute atomic E-state index is 13.1. The van der Waals surface area contributed by atoms with Gasteiger partial charge in [-0.05, 0) is 43.4 Å². The van der Waals surface area contributed by atoms with Crippen LogP contribution in [0.4, 0.5) is 0 Å². The lowest BCUT2D eigenvalue weighted by Crippen LogP contribution is -2.30. The minimum Gasteiger partial charge on any atom is -0.462 e. The topological polar surface area (TPSA) is 237 Å². The Kier molecular flexibility index (Phi) is 66.2. The average Bonchev–Trinajstić information content (AvgIpc) is 1.61. The van der Waals surface area contributed by atoms with Gasteiger partial charge in [0, 0.05) is 25.7 Å². The quantitative estimate of drug-likeness (QED) is 0.0222. The van der Waals surface area contributed by atoms with E-state index in [1.807, 2.05) is 0 Å². The maximum atomic E-state index is 13.1. The summed E-state index contributed by atoms with van der Waals surface area (Å²) in [6, 6.07) is 0. The van der Waals surface area contributed by atoms with Gasteiger partial charge in [0.15, 0.2) is 12.2 Å². The fourth-order valence-corrected chi connectivity index (χ4v) is 13.4. The molecule has 0 aromatic carbocycles. The van der Waals surface area contributed by atoms with Crippen LogP contribution < -0.4 is 0 Å². The molecule has 0 amide bonds. The summed E-state index contributed by atoms with van der Waals surface area (Å²) < 4.78 is 68.6. The van der Waals surface area contributed by atoms with Crippen LogP contribution in [0.2, 0.25) is 0 Å². The van der Waals surface area contributed by atoms with Gasteiger partial charge in [-0.15, -0.1) is 0 Å². The molecule has 0 saturated carbocycles. The second-order valence-electron chi connectivity index (χ2n) is 29.2. The Hall–Kier alpha value is -1.94. The monoisotopic (exact) mass is 1410 g/mol. The van der Waals surface area contributed by atoms with E-state index in [9.17, 15) is 43.2 Å². The Morgan fingerprint density at radius 2 is 0.479 bits per heavy atom. The SMILES string of the molecule is CCCCCCCCCCCCCCC(=O)OC[C@H](COP(=O)(O)OC[C@H](O)COP(=O)(O)OC[C@@H](COC(=O)CCCCCCCCCCCCCCC(C)C)OC(=O)CCCCCCCCCCCCCCCCC(C)C)OC(=O)CCCCCCCCCCCC(C)C. The van der Waals surface area contributed by atoms with Gasteiger partial charge in [-0.1, -0.05) is 344 Å². The summed E-state index contributed by atoms with van der Waals surface area (Å²) in [5, 5.41) is 10.6. The predicted octanol–water partition coefficient (Wildman–Crippen LogP) is 22.6. The van der Waals surface area contributed by atoms with Crippen LogP contribution >= 0.6 is 15.6 Å². The molecule has 17 nitrogen and oxygen atoms in total. The Morgan fingerprint density at radius 3 is 0.708 bits per heavy atom. The molecule has 96 heavy (non-hydrogen) atoms. The van der Waals surface area contributed by atoms with Crippen molar-refractivity contribution in [1.29, 1.82) is 0 Å². The summed E-state index contributed by atoms with van der Waals surface area (Å²) in [5.41, 5.74) is 0. The number of phosphoric ester groups is 2. The average molecular weight is 1410 g/mol. The summed E-state index contributed by atoms with van der Waals surface area (Å²) in [5.74, 6) is 0.198. The van der Waals surface area contributed by atoms with Crippen molar-refractivity contribution in [1.82, 2.24) is 0 Å². The molecule has 0 aliphatic heterocycles. The molecule has 0 bridgehead atoms. The summed E-state index contributed by atoms with van der Waals surface area (Å²) in [6.07, 6.45) is 54.0. The van der Waals surface area contributed by atoms with E-state index in [0.717, 1.165) is 108 Å². The van der Waals surface area contributed by atoms with E-state index < -0.39 is 97.5 Å². The second-order valence-corrected chi connectivity index (χ2v) is 32.1. The first-order valence-corrected chi connectivity index (χ1v) is 42.8. The fraction of sp³-hybridized carbons (Fsp3) is 0.948. The number of aliphatic hydroxyl groups is 1. The molecule has 0 aliphatic carbocycles. The number of aliphatic hydroxyl groups excluding tert-OH is 1. The van der Waals surface area contributed by atoms with E-state index in [4.69, 9.17) is 37.0 Å². The molecule has 0 aromatic rings. The van der Waals surface area contributed by atoms with E-state index >= 15 is 0 Å². The van der Waals surface area contributed by atoms with Crippen LogP contribution in [0.15, 0.2) is 0 Å². The van der Waals surface area contributed by atoms with E-state index in [1.165, 1.54) is 205 Å². The van der Waals surface area contributed by atoms with Crippen molar-refractivity contribution < 1.29 is 80.2 Å². The normalized spacial score (nSPS) is 14.1. The van der Waals surface area contributed by atoms with Gasteiger partial charge in [0.05, 0.1) is 26.4 Å². The molecule has 5 atom stereocenters. The molecule has 0 aliphatic rings. The van der Waals surface area contributed by atoms with Gasteiger partial charge in [0.2, 0.25) is 0 Å². The molecular weight excluding hydrogens is 1260 g/mol. The second kappa shape index (κ2) is 67.5. The highest BCUT2D eigenvalue weighted by Gasteiger charge is 2.30. The van der Waals surface area contributed by atoms with E-state index in [1.54, 1.807) is 0 Å². The van der Waals surface area contributed by atoms with Crippen LogP contribution in [0.3, 0.4) is 0 Å². The number of esters is 4. The van der Waals surface area contributed by atoms with Crippen molar-refractivity contribution >= 4 is 39.5 Å². The number of hydrogen-bond acceptors (Lipinski definition) is 15. The standard InChI is InChI=1S/C77H150O17P2/c1-8-9-10-11-12-13-14-23-30-37-44-51-58-74(79)87-65-73(94-77(82)61-54-47-40-33-26-29-36-43-50-57-70(6)7)67-92-96(85,86)90-63-71(78)62-89-95(83,84)91-66-72(64-88-75(80)59-52-45-38-31-24-20-19-22-28-35-42-49-56-69(4)5)93-76(81)60-53-46-39-32-25-18-16-15-17-21-27-34-41-48-55-68(2)3/h68-73,78H,8-67H2,1-7H3,(H,83,84)(H,85,86)/t71-,72-,73-/m1/s1. The van der Waals surface area contributed by atoms with Crippen molar-refractivity contribution in [3.63, 3.8) is 0 Å². The zero-order valence-electron chi connectivity index (χ0n) is 62.8. The molecule has 2 unspecified atom stereocenters. The number of rotatable bonds is 75. The number of hydrogen-bond donors (Lipinski definition) is 3. The summed E-state index contributed by atoms with van der Waals surface area (Å²) in [7, 11) is -9.91. The van der Waals surface area contributed by atoms with Gasteiger partial charge >= 0.3 is 39.5 Å². The third kappa shape index (κ3) is 70.5. The van der Waals surface area contributed by atoms with Crippen molar-refractivity contribution in [2.75, 3.05) is 39.6 Å². The van der Waals surface area contributed by atoms with Crippen LogP contribution in [0.5, 0.6) is 0 Å². The predicted molar refractivity (Wildman–Crippen MR) is 391 cm³/mol. The van der Waals surface area contributed by atoms with Crippen molar-refractivity contribution in [3.8, 4) is 0 Å². The lowest BCUT2D eigenvalue weighted by atomic mass is 10.0. The minimum atomic E-state index is -4.96. The van der Waals surface area contributed by atoms with Gasteiger partial charge in [0.25, 0.3) is 0 Å². The molecule has 0 fully saturated rings. The number of carbonyl (C=O) groups is 4. The molecule has 570 valence electrons. The van der Waals surface area contributed by atoms with Crippen LogP contribution in [0, 0.1) is 17.8 Å². The highest BCUT2D eigenvalue weighted by Crippen LogP contribution is 2.45. The number of ether oxygens (including phenoxy) is 4. The number of carbonyl (C=O) groups excluding carboxylic acids is 4. The van der Waals surface area contributed by atoms with E-state index in [2.05, 4.69) is 48.5 Å². The van der Waals surface area contributed by atoms with Gasteiger partial charge in [-0.2, -0.15) is 0 Å². The molecule has 3 N–H and O–H groups in total. The third-order valence-electron chi connectivity index (χ3n) is 17.9. The highest BCUT2D eigenvalue weighted by molar-refractivity contribution is 7.47. The first kappa shape index (κ1) is 94.1. The lowest BCUT2D eigenvalue weighted by Gasteiger charge is -2.21. The smallest absolute Gasteiger partial charge is 0.462 e. The van der Waals surface area contributed by atoms with Crippen LogP contribution in [-0.4, -0.2) is 96.7 Å². The van der Waals surface area contributed by atoms with Crippen molar-refractivity contribution in [2.24, 2.45) is 17.8 Å². The summed E-state index contributed by atoms with van der Waals surface area (Å²) in [4.78, 5) is 72.9. The number of unbranched alkanes of at least 4 members (excludes halogenated alkanes) is 43. The largest absolute Gasteiger partial charge is 0.472 e. The highest BCUT2D eigenvalue weighted by atomic mass is 31.2. The van der Waals surface area contributed by atoms with Gasteiger partial charge in [-0.25, -0.2) is 9.13 Å². The van der Waals surface area contributed by atoms with Crippen LogP contribution in [-0.2, 0) is 65.4 Å². The lowest BCUT2D eigenvalue weighted by molar-refractivity contribution is -0.161. The third-order valence-corrected chi connectivity index (χ3v) is 19.8. The van der Waals surface area contributed by atoms with Gasteiger partial charge in [0.1, 0.15) is 19.3 Å². The molecule has 0 spiro atoms. The molecule has 0 rings (SSSR count). The first-order chi connectivity index (χ1) is 46.2. The van der Waals surface area contributed by atoms with E-state index in [0.29, 0.717) is 25.7 Å². The Balaban J connectivity index is 5.26. The molecule has 0 heterocycles. The Bertz CT molecular complexity index is 1870. The van der Waals surface area contributed by atoms with Gasteiger partial charge < -0.3 is 33.8 Å². The molecule has 0 radical (unpaired) electrons. The van der Waals surface area contributed by atoms with E-state index in [-0.39, 0.29) is 25.7 Å². The Morgan fingerprint density at radius 1 is 0.281 bits per heavy atom.